The lowest BCUT2D eigenvalue weighted by atomic mass is 9.81. The van der Waals surface area contributed by atoms with E-state index < -0.39 is 11.8 Å². The zero-order valence-electron chi connectivity index (χ0n) is 13.0. The lowest BCUT2D eigenvalue weighted by molar-refractivity contribution is -0.134. The molecule has 2 aliphatic heterocycles. The maximum Gasteiger partial charge on any atom is 0.227 e. The highest BCUT2D eigenvalue weighted by molar-refractivity contribution is 5.90. The molecule has 21 heavy (non-hydrogen) atoms. The predicted octanol–water partition coefficient (Wildman–Crippen LogP) is -0.240. The van der Waals surface area contributed by atoms with Crippen LogP contribution in [0.1, 0.15) is 13.3 Å². The smallest absolute Gasteiger partial charge is 0.227 e. The molecule has 0 aliphatic carbocycles. The minimum absolute atomic E-state index is 0.0820. The van der Waals surface area contributed by atoms with Crippen LogP contribution in [0.15, 0.2) is 12.2 Å². The molecular weight excluding hydrogens is 270 g/mol. The normalized spacial score (nSPS) is 29.9. The maximum atomic E-state index is 12.4. The summed E-state index contributed by atoms with van der Waals surface area (Å²) >= 11 is 0. The molecule has 0 aromatic carbocycles. The first-order valence-electron chi connectivity index (χ1n) is 7.58. The van der Waals surface area contributed by atoms with E-state index in [0.29, 0.717) is 13.1 Å². The Labute approximate surface area is 125 Å². The number of fused-ring (bicyclic) bond motifs is 2. The molecule has 2 aliphatic rings. The molecular formula is C15H25N3O3. The van der Waals surface area contributed by atoms with Crippen LogP contribution in [-0.2, 0) is 14.3 Å². The van der Waals surface area contributed by atoms with Crippen molar-refractivity contribution in [2.24, 2.45) is 11.8 Å². The zero-order valence-corrected chi connectivity index (χ0v) is 13.0. The number of nitrogens with one attached hydrogen (secondary N) is 2. The second kappa shape index (κ2) is 7.04. The third kappa shape index (κ3) is 3.63. The molecule has 118 valence electrons. The first-order chi connectivity index (χ1) is 10.0. The molecule has 1 fully saturated rings. The third-order valence-corrected chi connectivity index (χ3v) is 3.91. The highest BCUT2D eigenvalue weighted by Gasteiger charge is 2.52. The molecule has 0 saturated carbocycles. The Bertz CT molecular complexity index is 422. The standard InChI is InChI=1S/C15H25N3O3/c1-4-7-16-14(19)12-10-5-6-11(21-10)13(12)15(20)17-8-9-18(2)3/h5-6,10-13H,4,7-9H2,1-3H3,(H,16,19)(H,17,20)/t10-,11+,12?,13?/m0/s1. The quantitative estimate of drug-likeness (QED) is 0.636. The van der Waals surface area contributed by atoms with E-state index in [2.05, 4.69) is 10.6 Å². The van der Waals surface area contributed by atoms with E-state index in [-0.39, 0.29) is 24.0 Å². The summed E-state index contributed by atoms with van der Waals surface area (Å²) in [6.45, 7) is 3.98. The Morgan fingerprint density at radius 3 is 2.05 bits per heavy atom. The highest BCUT2D eigenvalue weighted by Crippen LogP contribution is 2.39. The predicted molar refractivity (Wildman–Crippen MR) is 79.6 cm³/mol. The van der Waals surface area contributed by atoms with Crippen molar-refractivity contribution in [3.63, 3.8) is 0 Å². The van der Waals surface area contributed by atoms with Gasteiger partial charge in [-0.05, 0) is 20.5 Å². The summed E-state index contributed by atoms with van der Waals surface area (Å²) in [5.74, 6) is -1.00. The first kappa shape index (κ1) is 16.0. The molecule has 2 bridgehead atoms. The van der Waals surface area contributed by atoms with Gasteiger partial charge in [0.2, 0.25) is 11.8 Å². The van der Waals surface area contributed by atoms with Gasteiger partial charge < -0.3 is 20.3 Å². The summed E-state index contributed by atoms with van der Waals surface area (Å²) in [4.78, 5) is 26.7. The van der Waals surface area contributed by atoms with E-state index >= 15 is 0 Å². The van der Waals surface area contributed by atoms with Gasteiger partial charge in [-0.25, -0.2) is 0 Å². The SMILES string of the molecule is CCCNC(=O)C1C(C(=O)NCCN(C)C)[C@H]2C=C[C@@H]1O2. The highest BCUT2D eigenvalue weighted by atomic mass is 16.5. The van der Waals surface area contributed by atoms with E-state index in [1.165, 1.54) is 0 Å². The molecule has 0 radical (unpaired) electrons. The Morgan fingerprint density at radius 2 is 1.57 bits per heavy atom. The third-order valence-electron chi connectivity index (χ3n) is 3.91. The van der Waals surface area contributed by atoms with Gasteiger partial charge in [0.15, 0.2) is 0 Å². The van der Waals surface area contributed by atoms with E-state index in [9.17, 15) is 9.59 Å². The number of nitrogens with zero attached hydrogens (tertiary/aromatic N) is 1. The summed E-state index contributed by atoms with van der Waals surface area (Å²) < 4.78 is 5.70. The van der Waals surface area contributed by atoms with Crippen LogP contribution in [0.5, 0.6) is 0 Å². The molecule has 2 amide bonds. The van der Waals surface area contributed by atoms with Gasteiger partial charge in [-0.15, -0.1) is 0 Å². The zero-order chi connectivity index (χ0) is 15.4. The van der Waals surface area contributed by atoms with Gasteiger partial charge in [-0.3, -0.25) is 9.59 Å². The fourth-order valence-corrected chi connectivity index (χ4v) is 2.82. The van der Waals surface area contributed by atoms with Crippen LogP contribution in [0.4, 0.5) is 0 Å². The minimum atomic E-state index is -0.418. The van der Waals surface area contributed by atoms with E-state index in [1.54, 1.807) is 0 Å². The van der Waals surface area contributed by atoms with Crippen molar-refractivity contribution in [2.75, 3.05) is 33.7 Å². The number of hydrogen-bond acceptors (Lipinski definition) is 4. The molecule has 0 aromatic rings. The van der Waals surface area contributed by atoms with Crippen LogP contribution in [0.2, 0.25) is 0 Å². The summed E-state index contributed by atoms with van der Waals surface area (Å²) in [6.07, 6.45) is 4.13. The molecule has 4 atom stereocenters. The van der Waals surface area contributed by atoms with Crippen molar-refractivity contribution >= 4 is 11.8 Å². The van der Waals surface area contributed by atoms with Crippen LogP contribution >= 0.6 is 0 Å². The van der Waals surface area contributed by atoms with E-state index in [4.69, 9.17) is 4.74 Å². The van der Waals surface area contributed by atoms with Crippen molar-refractivity contribution in [1.82, 2.24) is 15.5 Å². The number of rotatable bonds is 7. The van der Waals surface area contributed by atoms with Gasteiger partial charge in [0.05, 0.1) is 24.0 Å². The van der Waals surface area contributed by atoms with Gasteiger partial charge in [0.25, 0.3) is 0 Å². The Morgan fingerprint density at radius 1 is 1.05 bits per heavy atom. The molecule has 0 spiro atoms. The number of ether oxygens (including phenoxy) is 1. The molecule has 0 aromatic heterocycles. The van der Waals surface area contributed by atoms with Crippen LogP contribution in [0.25, 0.3) is 0 Å². The largest absolute Gasteiger partial charge is 0.365 e. The summed E-state index contributed by atoms with van der Waals surface area (Å²) in [5, 5.41) is 5.78. The average Bonchev–Trinajstić information content (AvgIpc) is 3.04. The summed E-state index contributed by atoms with van der Waals surface area (Å²) in [6, 6.07) is 0. The van der Waals surface area contributed by atoms with Crippen molar-refractivity contribution in [3.8, 4) is 0 Å². The Hall–Kier alpha value is -1.40. The van der Waals surface area contributed by atoms with Crippen molar-refractivity contribution in [2.45, 2.75) is 25.6 Å². The summed E-state index contributed by atoms with van der Waals surface area (Å²) in [7, 11) is 3.91. The van der Waals surface area contributed by atoms with Crippen LogP contribution in [0, 0.1) is 11.8 Å². The van der Waals surface area contributed by atoms with E-state index in [0.717, 1.165) is 13.0 Å². The number of carbonyl (C=O) groups excluding carboxylic acids is 2. The molecule has 2 rings (SSSR count). The number of amides is 2. The molecule has 2 N–H and O–H groups in total. The van der Waals surface area contributed by atoms with Gasteiger partial charge in [-0.1, -0.05) is 19.1 Å². The van der Waals surface area contributed by atoms with Gasteiger partial charge in [0, 0.05) is 19.6 Å². The van der Waals surface area contributed by atoms with E-state index in [1.807, 2.05) is 38.1 Å². The van der Waals surface area contributed by atoms with Gasteiger partial charge in [0.1, 0.15) is 0 Å². The van der Waals surface area contributed by atoms with Gasteiger partial charge >= 0.3 is 0 Å². The second-order valence-corrected chi connectivity index (χ2v) is 5.89. The number of hydrogen-bond donors (Lipinski definition) is 2. The lowest BCUT2D eigenvalue weighted by Gasteiger charge is -2.24. The Kier molecular flexibility index (Phi) is 5.36. The van der Waals surface area contributed by atoms with Crippen LogP contribution in [-0.4, -0.2) is 62.7 Å². The van der Waals surface area contributed by atoms with Crippen LogP contribution in [0.3, 0.4) is 0 Å². The average molecular weight is 295 g/mol. The summed E-state index contributed by atoms with van der Waals surface area (Å²) in [5.41, 5.74) is 0. The fourth-order valence-electron chi connectivity index (χ4n) is 2.82. The molecule has 1 saturated heterocycles. The lowest BCUT2D eigenvalue weighted by Crippen LogP contribution is -2.47. The van der Waals surface area contributed by atoms with Gasteiger partial charge in [-0.2, -0.15) is 0 Å². The van der Waals surface area contributed by atoms with Crippen molar-refractivity contribution in [1.29, 1.82) is 0 Å². The molecule has 6 nitrogen and oxygen atoms in total. The van der Waals surface area contributed by atoms with Crippen LogP contribution < -0.4 is 10.6 Å². The molecule has 6 heteroatoms. The molecule has 2 heterocycles. The number of carbonyl (C=O) groups is 2. The Balaban J connectivity index is 1.97. The minimum Gasteiger partial charge on any atom is -0.365 e. The second-order valence-electron chi connectivity index (χ2n) is 5.89. The maximum absolute atomic E-state index is 12.4. The topological polar surface area (TPSA) is 70.7 Å². The van der Waals surface area contributed by atoms with Crippen molar-refractivity contribution < 1.29 is 14.3 Å². The monoisotopic (exact) mass is 295 g/mol. The number of likely N-dealkylation sites (N-methyl/N-ethyl adjacent to an activating group) is 1. The fraction of sp³-hybridized carbons (Fsp3) is 0.733. The van der Waals surface area contributed by atoms with Crippen molar-refractivity contribution in [3.05, 3.63) is 12.2 Å². The first-order valence-corrected chi connectivity index (χ1v) is 7.58. The molecule has 2 unspecified atom stereocenters.